The Hall–Kier alpha value is -9.46. The van der Waals surface area contributed by atoms with Crippen molar-refractivity contribution < 1.29 is 95.2 Å². The van der Waals surface area contributed by atoms with Gasteiger partial charge >= 0.3 is 47.8 Å². The van der Waals surface area contributed by atoms with Gasteiger partial charge < -0.3 is 56.8 Å². The summed E-state index contributed by atoms with van der Waals surface area (Å²) >= 11 is 0. The molecule has 113 heavy (non-hydrogen) atoms. The van der Waals surface area contributed by atoms with Gasteiger partial charge in [-0.05, 0) is 146 Å². The van der Waals surface area contributed by atoms with Crippen molar-refractivity contribution in [3.8, 4) is 23.0 Å². The van der Waals surface area contributed by atoms with E-state index in [4.69, 9.17) is 56.8 Å². The van der Waals surface area contributed by atoms with Crippen LogP contribution in [0, 0.1) is 27.7 Å². The van der Waals surface area contributed by atoms with Crippen molar-refractivity contribution >= 4 is 59.9 Å². The van der Waals surface area contributed by atoms with E-state index in [0.29, 0.717) is 48.7 Å². The van der Waals surface area contributed by atoms with Crippen LogP contribution in [0.15, 0.2) is 123 Å². The molecule has 4 aromatic rings. The van der Waals surface area contributed by atoms with Crippen molar-refractivity contribution in [1.29, 1.82) is 0 Å². The number of ether oxygens (including phenoxy) is 12. The normalized spacial score (nSPS) is 11.9. The first-order valence-electron chi connectivity index (χ1n) is 41.1. The van der Waals surface area contributed by atoms with Crippen LogP contribution in [-0.2, 0) is 82.7 Å². The van der Waals surface area contributed by atoms with Crippen LogP contribution in [0.3, 0.4) is 0 Å². The molecule has 0 spiro atoms. The average Bonchev–Trinajstić information content (AvgIpc) is 0.839. The Morgan fingerprint density at radius 1 is 0.319 bits per heavy atom. The van der Waals surface area contributed by atoms with E-state index < -0.39 is 54.3 Å². The third-order valence-electron chi connectivity index (χ3n) is 18.4. The minimum absolute atomic E-state index is 0.0103. The molecule has 20 heteroatoms. The van der Waals surface area contributed by atoms with Gasteiger partial charge in [0.2, 0.25) is 0 Å². The van der Waals surface area contributed by atoms with E-state index in [2.05, 4.69) is 47.1 Å². The Morgan fingerprint density at radius 3 is 0.805 bits per heavy atom. The Kier molecular flexibility index (Phi) is 52.8. The summed E-state index contributed by atoms with van der Waals surface area (Å²) in [5.74, 6) is -1.40. The number of esters is 8. The van der Waals surface area contributed by atoms with E-state index in [9.17, 15) is 38.4 Å². The predicted octanol–water partition coefficient (Wildman–Crippen LogP) is 20.2. The zero-order chi connectivity index (χ0) is 82.6. The molecule has 4 rings (SSSR count). The third kappa shape index (κ3) is 47.0. The Labute approximate surface area is 674 Å². The van der Waals surface area contributed by atoms with E-state index in [1.54, 1.807) is 0 Å². The van der Waals surface area contributed by atoms with Gasteiger partial charge in [0.15, 0.2) is 24.4 Å². The van der Waals surface area contributed by atoms with E-state index >= 15 is 0 Å². The van der Waals surface area contributed by atoms with Crippen LogP contribution in [-0.4, -0.2) is 125 Å². The van der Waals surface area contributed by atoms with Gasteiger partial charge in [0.25, 0.3) is 0 Å². The molecule has 0 fully saturated rings. The van der Waals surface area contributed by atoms with Crippen LogP contribution in [0.1, 0.15) is 265 Å². The minimum Gasteiger partial charge on any atom is -0.490 e. The van der Waals surface area contributed by atoms with Gasteiger partial charge in [0.1, 0.15) is 75.9 Å². The van der Waals surface area contributed by atoms with Gasteiger partial charge in [-0.25, -0.2) is 19.2 Å². The first kappa shape index (κ1) is 97.7. The summed E-state index contributed by atoms with van der Waals surface area (Å²) in [5, 5.41) is 0. The average molecular weight is 1570 g/mol. The zero-order valence-electron chi connectivity index (χ0n) is 69.3. The van der Waals surface area contributed by atoms with E-state index in [0.717, 1.165) is 127 Å². The topological polar surface area (TPSA) is 247 Å². The van der Waals surface area contributed by atoms with Crippen LogP contribution in [0.2, 0.25) is 0 Å². The summed E-state index contributed by atoms with van der Waals surface area (Å²) in [5.41, 5.74) is 7.61. The molecule has 0 aliphatic carbocycles. The molecule has 0 saturated heterocycles. The Balaban J connectivity index is 0.000000587. The molecular formula is C93H132O20. The van der Waals surface area contributed by atoms with Crippen LogP contribution in [0.4, 0.5) is 0 Å². The van der Waals surface area contributed by atoms with Crippen molar-refractivity contribution in [1.82, 2.24) is 0 Å². The highest BCUT2D eigenvalue weighted by atomic mass is 16.6. The van der Waals surface area contributed by atoms with E-state index in [-0.39, 0.29) is 70.8 Å². The van der Waals surface area contributed by atoms with E-state index in [1.807, 2.05) is 113 Å². The van der Waals surface area contributed by atoms with Gasteiger partial charge in [-0.15, -0.1) is 0 Å². The van der Waals surface area contributed by atoms with E-state index in [1.165, 1.54) is 122 Å². The molecule has 0 radical (unpaired) electrons. The highest BCUT2D eigenvalue weighted by Gasteiger charge is 2.23. The van der Waals surface area contributed by atoms with Crippen LogP contribution in [0.5, 0.6) is 23.0 Å². The van der Waals surface area contributed by atoms with Crippen molar-refractivity contribution in [2.45, 2.75) is 279 Å². The summed E-state index contributed by atoms with van der Waals surface area (Å²) < 4.78 is 66.8. The smallest absolute Gasteiger partial charge is 0.330 e. The molecule has 0 amide bonds. The minimum atomic E-state index is -0.770. The maximum atomic E-state index is 12.7. The maximum absolute atomic E-state index is 12.7. The van der Waals surface area contributed by atoms with Gasteiger partial charge in [-0.1, -0.05) is 238 Å². The van der Waals surface area contributed by atoms with Crippen molar-refractivity contribution in [2.75, 3.05) is 52.9 Å². The fourth-order valence-corrected chi connectivity index (χ4v) is 12.3. The summed E-state index contributed by atoms with van der Waals surface area (Å²) in [6.45, 7) is 28.9. The van der Waals surface area contributed by atoms with Crippen LogP contribution >= 0.6 is 0 Å². The number of rotatable bonds is 62. The highest BCUT2D eigenvalue weighted by Crippen LogP contribution is 2.30. The molecule has 0 heterocycles. The fraction of sp³-hybridized carbons (Fsp3) is 0.548. The number of benzene rings is 4. The SMILES string of the molecule is C=CC(=O)OCC(COc1c(C)cc(/C=C/c2cc(C)c(OCC(COC(=O)C=C)OC(=O)CCCCCCCCCCC)c(C)c2)cc1C)OC(C)=O.C=CC(=O)OCC(COc1ccc(Cc2ccc(OCC(COC(=O)C=C)OC(=O)CCCCCCCCCCC)cc2)cc1)OC(=O)CCCCCCCCCCC. The third-order valence-corrected chi connectivity index (χ3v) is 18.4. The van der Waals surface area contributed by atoms with Crippen molar-refractivity contribution in [3.63, 3.8) is 0 Å². The number of hydrogen-bond donors (Lipinski definition) is 0. The number of carbonyl (C=O) groups is 8. The van der Waals surface area contributed by atoms with Gasteiger partial charge in [-0.3, -0.25) is 19.2 Å². The molecule has 4 atom stereocenters. The summed E-state index contributed by atoms with van der Waals surface area (Å²) in [6, 6.07) is 23.2. The fourth-order valence-electron chi connectivity index (χ4n) is 12.3. The van der Waals surface area contributed by atoms with Crippen molar-refractivity contribution in [2.24, 2.45) is 0 Å². The lowest BCUT2D eigenvalue weighted by Gasteiger charge is -2.20. The number of aryl methyl sites for hydroxylation is 4. The Bertz CT molecular complexity index is 3320. The number of carbonyl (C=O) groups excluding carboxylic acids is 8. The number of unbranched alkanes of at least 4 members (excludes halogenated alkanes) is 24. The molecule has 0 aliphatic rings. The lowest BCUT2D eigenvalue weighted by molar-refractivity contribution is -0.159. The molecule has 0 bridgehead atoms. The van der Waals surface area contributed by atoms with Crippen molar-refractivity contribution in [3.05, 3.63) is 168 Å². The zero-order valence-corrected chi connectivity index (χ0v) is 69.3. The quantitative estimate of drug-likeness (QED) is 0.0131. The second-order valence-corrected chi connectivity index (χ2v) is 28.6. The molecule has 0 N–H and O–H groups in total. The first-order valence-corrected chi connectivity index (χ1v) is 41.1. The molecular weight excluding hydrogens is 1440 g/mol. The van der Waals surface area contributed by atoms with Crippen LogP contribution < -0.4 is 18.9 Å². The molecule has 4 aromatic carbocycles. The Morgan fingerprint density at radius 2 is 0.558 bits per heavy atom. The lowest BCUT2D eigenvalue weighted by atomic mass is 10.0. The molecule has 624 valence electrons. The lowest BCUT2D eigenvalue weighted by Crippen LogP contribution is -2.31. The van der Waals surface area contributed by atoms with Gasteiger partial charge in [0.05, 0.1) is 0 Å². The van der Waals surface area contributed by atoms with Gasteiger partial charge in [-0.2, -0.15) is 0 Å². The predicted molar refractivity (Wildman–Crippen MR) is 444 cm³/mol. The maximum Gasteiger partial charge on any atom is 0.330 e. The van der Waals surface area contributed by atoms with Gasteiger partial charge in [0, 0.05) is 50.5 Å². The largest absolute Gasteiger partial charge is 0.490 e. The summed E-state index contributed by atoms with van der Waals surface area (Å²) in [7, 11) is 0. The molecule has 20 nitrogen and oxygen atoms in total. The molecule has 0 saturated carbocycles. The second-order valence-electron chi connectivity index (χ2n) is 28.6. The summed E-state index contributed by atoms with van der Waals surface area (Å²) in [4.78, 5) is 96.0. The highest BCUT2D eigenvalue weighted by molar-refractivity contribution is 5.82. The standard InChI is InChI=1S/C49H72O10.C44H60O10/c1-5-9-11-13-15-17-19-21-23-25-48(52)58-44(38-56-46(50)7-3)36-54-42-31-27-40(28-32-42)35-41-29-33-43(34-30-41)55-37-45(39-57-47(51)8-4)59-49(53)26-24-22-20-18-16-14-12-10-6-2;1-9-12-13-14-15-16-17-18-19-20-42(48)54-39(28-50-41(47)11-3)30-52-44-33(6)25-37(26-34(44)7)22-21-36-23-31(4)43(32(5)24-36)51-29-38(53-35(8)45)27-49-40(46)10-2/h7-8,27-34,44-45H,3-6,9-26,35-39H2,1-2H3;10-11,21-26,38-39H,2-3,9,12-20,27-30H2,1,4-8H3/b;22-21+. The molecule has 4 unspecified atom stereocenters. The number of hydrogen-bond acceptors (Lipinski definition) is 20. The first-order chi connectivity index (χ1) is 54.6. The monoisotopic (exact) mass is 1570 g/mol. The molecule has 0 aliphatic heterocycles. The molecule has 0 aromatic heterocycles. The summed E-state index contributed by atoms with van der Waals surface area (Å²) in [6.07, 6.45) is 38.0. The second kappa shape index (κ2) is 61.1. The van der Waals surface area contributed by atoms with Crippen LogP contribution in [0.25, 0.3) is 12.2 Å².